The van der Waals surface area contributed by atoms with Crippen LogP contribution in [0, 0.1) is 11.7 Å². The van der Waals surface area contributed by atoms with Gasteiger partial charge < -0.3 is 9.80 Å². The molecule has 2 fully saturated rings. The van der Waals surface area contributed by atoms with Gasteiger partial charge in [0.05, 0.1) is 5.69 Å². The molecule has 1 atom stereocenters. The first kappa shape index (κ1) is 24.3. The standard InChI is InChI=1S/C19H22FN3O2S.2C2H6/c1-11-4-6-22(7-5-11)16-8-12-10-23(19(26)13(12)9-14(16)20)15-2-3-17(24)21-18(15)25;2*1-2/h8-9,11,15H,2-7,10H2,1H3,(H,21,24,25);2*1-2H3. The van der Waals surface area contributed by atoms with Gasteiger partial charge in [-0.2, -0.15) is 0 Å². The summed E-state index contributed by atoms with van der Waals surface area (Å²) in [4.78, 5) is 28.0. The Hall–Kier alpha value is -2.02. The molecule has 0 saturated carbocycles. The van der Waals surface area contributed by atoms with Crippen LogP contribution in [-0.2, 0) is 16.1 Å². The van der Waals surface area contributed by atoms with Crippen LogP contribution >= 0.6 is 12.2 Å². The molecule has 0 radical (unpaired) electrons. The summed E-state index contributed by atoms with van der Waals surface area (Å²) in [7, 11) is 0. The van der Waals surface area contributed by atoms with Gasteiger partial charge in [-0.15, -0.1) is 0 Å². The summed E-state index contributed by atoms with van der Waals surface area (Å²) in [5.41, 5.74) is 2.27. The molecule has 0 aromatic heterocycles. The first-order valence-corrected chi connectivity index (χ1v) is 11.6. The fourth-order valence-corrected chi connectivity index (χ4v) is 4.45. The number of amides is 2. The molecule has 1 aromatic carbocycles. The maximum absolute atomic E-state index is 14.8. The highest BCUT2D eigenvalue weighted by atomic mass is 32.1. The Labute approximate surface area is 185 Å². The van der Waals surface area contributed by atoms with Crippen molar-refractivity contribution in [2.45, 2.75) is 72.9 Å². The number of hydrogen-bond donors (Lipinski definition) is 1. The molecule has 3 aliphatic rings. The van der Waals surface area contributed by atoms with Crippen LogP contribution in [0.2, 0.25) is 0 Å². The number of benzene rings is 1. The van der Waals surface area contributed by atoms with Crippen LogP contribution in [-0.4, -0.2) is 40.8 Å². The van der Waals surface area contributed by atoms with Crippen LogP contribution in [0.3, 0.4) is 0 Å². The molecule has 1 unspecified atom stereocenters. The fourth-order valence-electron chi connectivity index (χ4n) is 4.07. The van der Waals surface area contributed by atoms with Crippen molar-refractivity contribution in [2.24, 2.45) is 5.92 Å². The summed E-state index contributed by atoms with van der Waals surface area (Å²) in [6, 6.07) is 2.94. The molecule has 0 aliphatic carbocycles. The zero-order valence-electron chi connectivity index (χ0n) is 18.8. The number of hydrogen-bond acceptors (Lipinski definition) is 4. The SMILES string of the molecule is CC.CC.CC1CCN(c2cc3c(cc2F)C(=S)N(C2CCC(=O)NC2=O)C3)CC1. The van der Waals surface area contributed by atoms with Crippen molar-refractivity contribution >= 4 is 34.7 Å². The van der Waals surface area contributed by atoms with E-state index in [-0.39, 0.29) is 17.6 Å². The van der Waals surface area contributed by atoms with E-state index in [9.17, 15) is 14.0 Å². The van der Waals surface area contributed by atoms with E-state index >= 15 is 0 Å². The number of imide groups is 1. The van der Waals surface area contributed by atoms with Gasteiger partial charge in [0, 0.05) is 31.6 Å². The zero-order chi connectivity index (χ0) is 22.4. The second-order valence-electron chi connectivity index (χ2n) is 7.53. The maximum atomic E-state index is 14.8. The Kier molecular flexibility index (Phi) is 8.77. The number of carbonyl (C=O) groups excluding carboxylic acids is 2. The summed E-state index contributed by atoms with van der Waals surface area (Å²) in [6.45, 7) is 12.4. The van der Waals surface area contributed by atoms with Crippen molar-refractivity contribution in [3.63, 3.8) is 0 Å². The second-order valence-corrected chi connectivity index (χ2v) is 7.92. The fraction of sp³-hybridized carbons (Fsp3) is 0.609. The minimum Gasteiger partial charge on any atom is -0.369 e. The molecule has 5 nitrogen and oxygen atoms in total. The van der Waals surface area contributed by atoms with Crippen LogP contribution in [0.5, 0.6) is 0 Å². The van der Waals surface area contributed by atoms with Gasteiger partial charge in [-0.05, 0) is 42.9 Å². The number of carbonyl (C=O) groups is 2. The molecule has 7 heteroatoms. The van der Waals surface area contributed by atoms with E-state index in [2.05, 4.69) is 17.1 Å². The minimum atomic E-state index is -0.463. The number of piperidine rings is 2. The third-order valence-corrected chi connectivity index (χ3v) is 6.17. The average molecular weight is 436 g/mol. The van der Waals surface area contributed by atoms with E-state index in [0.29, 0.717) is 41.5 Å². The highest BCUT2D eigenvalue weighted by molar-refractivity contribution is 7.80. The molecule has 2 saturated heterocycles. The quantitative estimate of drug-likeness (QED) is 0.551. The van der Waals surface area contributed by atoms with Crippen molar-refractivity contribution in [1.29, 1.82) is 0 Å². The molecule has 0 bridgehead atoms. The van der Waals surface area contributed by atoms with Gasteiger partial charge >= 0.3 is 0 Å². The van der Waals surface area contributed by atoms with E-state index in [1.165, 1.54) is 6.07 Å². The first-order chi connectivity index (χ1) is 14.4. The summed E-state index contributed by atoms with van der Waals surface area (Å²) >= 11 is 5.51. The molecular weight excluding hydrogens is 401 g/mol. The third kappa shape index (κ3) is 4.99. The summed E-state index contributed by atoms with van der Waals surface area (Å²) in [5.74, 6) is -0.145. The normalized spacial score (nSPS) is 21.3. The number of nitrogens with zero attached hydrogens (tertiary/aromatic N) is 2. The van der Waals surface area contributed by atoms with Gasteiger partial charge in [0.25, 0.3) is 0 Å². The largest absolute Gasteiger partial charge is 0.369 e. The molecule has 2 amide bonds. The number of rotatable bonds is 2. The molecule has 3 aliphatic heterocycles. The predicted molar refractivity (Wildman–Crippen MR) is 123 cm³/mol. The Bertz CT molecular complexity index is 791. The first-order valence-electron chi connectivity index (χ1n) is 11.2. The van der Waals surface area contributed by atoms with Crippen molar-refractivity contribution in [2.75, 3.05) is 18.0 Å². The van der Waals surface area contributed by atoms with Gasteiger partial charge in [0.1, 0.15) is 16.8 Å². The Morgan fingerprint density at radius 2 is 1.70 bits per heavy atom. The number of anilines is 1. The highest BCUT2D eigenvalue weighted by Crippen LogP contribution is 2.34. The topological polar surface area (TPSA) is 52.6 Å². The lowest BCUT2D eigenvalue weighted by Crippen LogP contribution is -2.52. The molecule has 30 heavy (non-hydrogen) atoms. The Morgan fingerprint density at radius 3 is 2.30 bits per heavy atom. The van der Waals surface area contributed by atoms with Gasteiger partial charge in [-0.1, -0.05) is 46.8 Å². The number of halogens is 1. The van der Waals surface area contributed by atoms with E-state index in [1.807, 2.05) is 38.7 Å². The zero-order valence-corrected chi connectivity index (χ0v) is 19.6. The number of nitrogens with one attached hydrogen (secondary N) is 1. The van der Waals surface area contributed by atoms with Gasteiger partial charge in [-0.3, -0.25) is 14.9 Å². The summed E-state index contributed by atoms with van der Waals surface area (Å²) in [5, 5.41) is 2.37. The van der Waals surface area contributed by atoms with E-state index in [1.54, 1.807) is 0 Å². The van der Waals surface area contributed by atoms with Crippen molar-refractivity contribution in [3.05, 3.63) is 29.1 Å². The van der Waals surface area contributed by atoms with Crippen LogP contribution < -0.4 is 10.2 Å². The lowest BCUT2D eigenvalue weighted by atomic mass is 9.98. The van der Waals surface area contributed by atoms with Gasteiger partial charge in [0.15, 0.2) is 0 Å². The van der Waals surface area contributed by atoms with Crippen molar-refractivity contribution in [1.82, 2.24) is 10.2 Å². The molecule has 3 heterocycles. The third-order valence-electron chi connectivity index (χ3n) is 5.72. The average Bonchev–Trinajstić information content (AvgIpc) is 3.06. The number of fused-ring (bicyclic) bond motifs is 1. The van der Waals surface area contributed by atoms with Crippen molar-refractivity contribution < 1.29 is 14.0 Å². The van der Waals surface area contributed by atoms with Gasteiger partial charge in [0.2, 0.25) is 11.8 Å². The Morgan fingerprint density at radius 1 is 1.07 bits per heavy atom. The van der Waals surface area contributed by atoms with Crippen LogP contribution in [0.25, 0.3) is 0 Å². The summed E-state index contributed by atoms with van der Waals surface area (Å²) in [6.07, 6.45) is 2.88. The van der Waals surface area contributed by atoms with Crippen molar-refractivity contribution in [3.8, 4) is 0 Å². The van der Waals surface area contributed by atoms with E-state index in [0.717, 1.165) is 31.5 Å². The summed E-state index contributed by atoms with van der Waals surface area (Å²) < 4.78 is 14.8. The highest BCUT2D eigenvalue weighted by Gasteiger charge is 2.37. The monoisotopic (exact) mass is 435 g/mol. The molecule has 1 aromatic rings. The Balaban J connectivity index is 0.000000757. The van der Waals surface area contributed by atoms with Gasteiger partial charge in [-0.25, -0.2) is 4.39 Å². The van der Waals surface area contributed by atoms with Crippen LogP contribution in [0.1, 0.15) is 71.4 Å². The van der Waals surface area contributed by atoms with E-state index in [4.69, 9.17) is 12.2 Å². The predicted octanol–water partition coefficient (Wildman–Crippen LogP) is 4.41. The molecular formula is C23H34FN3O2S. The lowest BCUT2D eigenvalue weighted by molar-refractivity contribution is -0.136. The second kappa shape index (κ2) is 10.8. The molecule has 0 spiro atoms. The van der Waals surface area contributed by atoms with Crippen LogP contribution in [0.4, 0.5) is 10.1 Å². The molecule has 4 rings (SSSR count). The molecule has 1 N–H and O–H groups in total. The molecule has 166 valence electrons. The maximum Gasteiger partial charge on any atom is 0.249 e. The minimum absolute atomic E-state index is 0.249. The van der Waals surface area contributed by atoms with E-state index < -0.39 is 6.04 Å². The smallest absolute Gasteiger partial charge is 0.249 e. The lowest BCUT2D eigenvalue weighted by Gasteiger charge is -2.32. The van der Waals surface area contributed by atoms with Crippen LogP contribution in [0.15, 0.2) is 12.1 Å². The number of thiocarbonyl (C=S) groups is 1.